The van der Waals surface area contributed by atoms with E-state index in [0.29, 0.717) is 31.1 Å². The molecule has 0 amide bonds. The smallest absolute Gasteiger partial charge is 0.0558 e. The number of rotatable bonds is 2. The molecule has 0 spiro atoms. The van der Waals surface area contributed by atoms with Gasteiger partial charge in [-0.2, -0.15) is 10.6 Å². The molecule has 0 unspecified atom stereocenters. The monoisotopic (exact) mass is 181 g/mol. The third kappa shape index (κ3) is 2.96. The highest BCUT2D eigenvalue weighted by molar-refractivity contribution is 8.24. The molecule has 3 N–H and O–H groups in total. The second-order valence-electron chi connectivity index (χ2n) is 2.78. The van der Waals surface area contributed by atoms with E-state index in [4.69, 9.17) is 5.11 Å². The predicted molar refractivity (Wildman–Crippen MR) is 46.1 cm³/mol. The zero-order chi connectivity index (χ0) is 8.32. The third-order valence-electron chi connectivity index (χ3n) is 1.89. The highest BCUT2D eigenvalue weighted by Gasteiger charge is 2.21. The average Bonchev–Trinajstić information content (AvgIpc) is 1.94. The Hall–Kier alpha value is 0.190. The van der Waals surface area contributed by atoms with Crippen molar-refractivity contribution in [1.82, 2.24) is 4.90 Å². The topological polar surface area (TPSA) is 63.9 Å². The van der Waals surface area contributed by atoms with Crippen molar-refractivity contribution in [3.63, 3.8) is 0 Å². The first-order valence-corrected chi connectivity index (χ1v) is 5.59. The van der Waals surface area contributed by atoms with E-state index in [9.17, 15) is 9.11 Å². The molecule has 1 saturated heterocycles. The predicted octanol–water partition coefficient (Wildman–Crippen LogP) is 0.0449. The van der Waals surface area contributed by atoms with Gasteiger partial charge in [0.25, 0.3) is 0 Å². The van der Waals surface area contributed by atoms with Crippen molar-refractivity contribution in [3.8, 4) is 0 Å². The lowest BCUT2D eigenvalue weighted by Crippen LogP contribution is -2.39. The zero-order valence-electron chi connectivity index (χ0n) is 6.44. The van der Waals surface area contributed by atoms with Gasteiger partial charge in [-0.1, -0.05) is 0 Å². The molecule has 0 radical (unpaired) electrons. The molecule has 0 atom stereocenters. The second kappa shape index (κ2) is 3.73. The van der Waals surface area contributed by atoms with E-state index < -0.39 is 10.6 Å². The standard InChI is InChI=1S/C6H15NO3S/c8-4-1-7-2-5-11(9,10)6-3-7/h8-10H,1-6H2. The van der Waals surface area contributed by atoms with Crippen LogP contribution in [0, 0.1) is 0 Å². The summed E-state index contributed by atoms with van der Waals surface area (Å²) in [5.41, 5.74) is 0. The van der Waals surface area contributed by atoms with Gasteiger partial charge in [0.1, 0.15) is 0 Å². The van der Waals surface area contributed by atoms with Crippen LogP contribution in [0.15, 0.2) is 0 Å². The highest BCUT2D eigenvalue weighted by atomic mass is 32.3. The molecular weight excluding hydrogens is 166 g/mol. The molecule has 4 nitrogen and oxygen atoms in total. The first kappa shape index (κ1) is 9.28. The van der Waals surface area contributed by atoms with Crippen LogP contribution >= 0.6 is 10.6 Å². The minimum atomic E-state index is -2.26. The van der Waals surface area contributed by atoms with Gasteiger partial charge in [-0.05, 0) is 0 Å². The maximum atomic E-state index is 9.21. The molecule has 1 aliphatic rings. The Morgan fingerprint density at radius 1 is 1.18 bits per heavy atom. The molecule has 0 aliphatic carbocycles. The van der Waals surface area contributed by atoms with Gasteiger partial charge in [-0.25, -0.2) is 0 Å². The second-order valence-corrected chi connectivity index (χ2v) is 5.20. The fourth-order valence-electron chi connectivity index (χ4n) is 1.13. The summed E-state index contributed by atoms with van der Waals surface area (Å²) in [5, 5.41) is 8.59. The van der Waals surface area contributed by atoms with E-state index in [1.807, 2.05) is 4.90 Å². The molecule has 1 aliphatic heterocycles. The molecule has 0 aromatic heterocycles. The summed E-state index contributed by atoms with van der Waals surface area (Å²) in [7, 11) is -2.26. The van der Waals surface area contributed by atoms with Gasteiger partial charge in [0.05, 0.1) is 18.1 Å². The van der Waals surface area contributed by atoms with Gasteiger partial charge in [-0.15, -0.1) is 0 Å². The van der Waals surface area contributed by atoms with Crippen LogP contribution in [0.25, 0.3) is 0 Å². The Morgan fingerprint density at radius 3 is 2.18 bits per heavy atom. The van der Waals surface area contributed by atoms with E-state index in [-0.39, 0.29) is 6.61 Å². The van der Waals surface area contributed by atoms with E-state index >= 15 is 0 Å². The van der Waals surface area contributed by atoms with E-state index in [1.165, 1.54) is 0 Å². The number of hydrogen-bond acceptors (Lipinski definition) is 4. The molecule has 0 saturated carbocycles. The summed E-state index contributed by atoms with van der Waals surface area (Å²) in [6, 6.07) is 0. The van der Waals surface area contributed by atoms with Crippen LogP contribution in [0.2, 0.25) is 0 Å². The van der Waals surface area contributed by atoms with Crippen molar-refractivity contribution in [2.75, 3.05) is 37.7 Å². The summed E-state index contributed by atoms with van der Waals surface area (Å²) in [6.45, 7) is 2.19. The fraction of sp³-hybridized carbons (Fsp3) is 1.00. The van der Waals surface area contributed by atoms with Crippen LogP contribution < -0.4 is 0 Å². The number of nitrogens with zero attached hydrogens (tertiary/aromatic N) is 1. The first-order chi connectivity index (χ1) is 5.14. The third-order valence-corrected chi connectivity index (χ3v) is 3.56. The van der Waals surface area contributed by atoms with Crippen molar-refractivity contribution in [2.45, 2.75) is 0 Å². The molecule has 0 bridgehead atoms. The number of hydrogen-bond donors (Lipinski definition) is 3. The molecule has 1 heterocycles. The van der Waals surface area contributed by atoms with Crippen LogP contribution in [0.3, 0.4) is 0 Å². The molecule has 5 heteroatoms. The summed E-state index contributed by atoms with van der Waals surface area (Å²) in [4.78, 5) is 2.04. The van der Waals surface area contributed by atoms with Gasteiger partial charge in [0.15, 0.2) is 0 Å². The Morgan fingerprint density at radius 2 is 1.73 bits per heavy atom. The summed E-state index contributed by atoms with van der Waals surface area (Å²) in [6.07, 6.45) is 0. The summed E-state index contributed by atoms with van der Waals surface area (Å²) in [5.74, 6) is 0.931. The van der Waals surface area contributed by atoms with E-state index in [0.717, 1.165) is 0 Å². The number of aliphatic hydroxyl groups is 1. The molecule has 11 heavy (non-hydrogen) atoms. The van der Waals surface area contributed by atoms with Crippen LogP contribution in [-0.2, 0) is 0 Å². The molecule has 0 aromatic carbocycles. The summed E-state index contributed by atoms with van der Waals surface area (Å²) < 4.78 is 18.4. The lowest BCUT2D eigenvalue weighted by atomic mass is 10.5. The molecule has 1 rings (SSSR count). The normalized spacial score (nSPS) is 28.3. The largest absolute Gasteiger partial charge is 0.395 e. The van der Waals surface area contributed by atoms with E-state index in [1.54, 1.807) is 0 Å². The number of β-amino-alcohol motifs (C(OH)–C–C–N with tert-alkyl or cyclic N) is 1. The Balaban J connectivity index is 2.25. The fourth-order valence-corrected chi connectivity index (χ4v) is 2.43. The lowest BCUT2D eigenvalue weighted by Gasteiger charge is -2.40. The van der Waals surface area contributed by atoms with Crippen molar-refractivity contribution in [3.05, 3.63) is 0 Å². The molecular formula is C6H15NO3S. The first-order valence-electron chi connectivity index (χ1n) is 3.71. The Bertz CT molecular complexity index is 121. The molecule has 1 fully saturated rings. The van der Waals surface area contributed by atoms with Crippen molar-refractivity contribution in [1.29, 1.82) is 0 Å². The lowest BCUT2D eigenvalue weighted by molar-refractivity contribution is 0.202. The highest BCUT2D eigenvalue weighted by Crippen LogP contribution is 2.39. The van der Waals surface area contributed by atoms with Gasteiger partial charge < -0.3 is 5.11 Å². The average molecular weight is 181 g/mol. The van der Waals surface area contributed by atoms with Crippen molar-refractivity contribution < 1.29 is 14.2 Å². The molecule has 68 valence electrons. The Labute approximate surface area is 68.2 Å². The van der Waals surface area contributed by atoms with Gasteiger partial charge >= 0.3 is 0 Å². The van der Waals surface area contributed by atoms with Gasteiger partial charge in [0.2, 0.25) is 0 Å². The van der Waals surface area contributed by atoms with Crippen molar-refractivity contribution in [2.24, 2.45) is 0 Å². The minimum Gasteiger partial charge on any atom is -0.395 e. The quantitative estimate of drug-likeness (QED) is 0.563. The SMILES string of the molecule is OCCN1CCS(O)(O)CC1. The Kier molecular flexibility index (Phi) is 3.15. The molecule has 0 aromatic rings. The van der Waals surface area contributed by atoms with Crippen LogP contribution in [-0.4, -0.2) is 56.9 Å². The summed E-state index contributed by atoms with van der Waals surface area (Å²) >= 11 is 0. The van der Waals surface area contributed by atoms with Gasteiger partial charge in [0, 0.05) is 19.6 Å². The maximum Gasteiger partial charge on any atom is 0.0558 e. The van der Waals surface area contributed by atoms with E-state index in [2.05, 4.69) is 0 Å². The van der Waals surface area contributed by atoms with Crippen LogP contribution in [0.1, 0.15) is 0 Å². The van der Waals surface area contributed by atoms with Crippen molar-refractivity contribution >= 4 is 10.6 Å². The maximum absolute atomic E-state index is 9.21. The van der Waals surface area contributed by atoms with Crippen LogP contribution in [0.5, 0.6) is 0 Å². The van der Waals surface area contributed by atoms with Gasteiger partial charge in [-0.3, -0.25) is 14.0 Å². The zero-order valence-corrected chi connectivity index (χ0v) is 7.26. The minimum absolute atomic E-state index is 0.152. The van der Waals surface area contributed by atoms with Crippen LogP contribution in [0.4, 0.5) is 0 Å². The number of aliphatic hydroxyl groups excluding tert-OH is 1.